The van der Waals surface area contributed by atoms with Crippen molar-refractivity contribution in [1.82, 2.24) is 5.32 Å². The van der Waals surface area contributed by atoms with E-state index in [-0.39, 0.29) is 5.54 Å². The van der Waals surface area contributed by atoms with Crippen LogP contribution in [0.25, 0.3) is 0 Å². The second-order valence-electron chi connectivity index (χ2n) is 3.17. The predicted molar refractivity (Wildman–Crippen MR) is 39.8 cm³/mol. The molecule has 2 heteroatoms. The van der Waals surface area contributed by atoms with Gasteiger partial charge in [-0.3, -0.25) is 4.99 Å². The van der Waals surface area contributed by atoms with Gasteiger partial charge in [-0.05, 0) is 26.7 Å². The third-order valence-electron chi connectivity index (χ3n) is 1.64. The summed E-state index contributed by atoms with van der Waals surface area (Å²) < 4.78 is 0. The van der Waals surface area contributed by atoms with Gasteiger partial charge in [0.2, 0.25) is 0 Å². The van der Waals surface area contributed by atoms with Gasteiger partial charge in [-0.15, -0.1) is 0 Å². The van der Waals surface area contributed by atoms with E-state index < -0.39 is 0 Å². The SMILES string of the molecule is CC1(C)CCCN=CN1. The number of hydrogen-bond donors (Lipinski definition) is 1. The molecule has 0 saturated heterocycles. The highest BCUT2D eigenvalue weighted by Gasteiger charge is 2.15. The van der Waals surface area contributed by atoms with E-state index in [9.17, 15) is 0 Å². The van der Waals surface area contributed by atoms with E-state index in [2.05, 4.69) is 24.2 Å². The van der Waals surface area contributed by atoms with Crippen LogP contribution in [0, 0.1) is 0 Å². The average Bonchev–Trinajstić information content (AvgIpc) is 1.92. The Balaban J connectivity index is 2.48. The minimum Gasteiger partial charge on any atom is -0.372 e. The van der Waals surface area contributed by atoms with Gasteiger partial charge in [-0.1, -0.05) is 0 Å². The van der Waals surface area contributed by atoms with Gasteiger partial charge in [-0.2, -0.15) is 0 Å². The van der Waals surface area contributed by atoms with Gasteiger partial charge in [0, 0.05) is 12.1 Å². The van der Waals surface area contributed by atoms with Gasteiger partial charge in [0.05, 0.1) is 6.34 Å². The fourth-order valence-electron chi connectivity index (χ4n) is 0.969. The molecule has 0 aliphatic carbocycles. The molecule has 0 bridgehead atoms. The van der Waals surface area contributed by atoms with E-state index in [4.69, 9.17) is 0 Å². The van der Waals surface area contributed by atoms with Gasteiger partial charge in [0.1, 0.15) is 0 Å². The zero-order chi connectivity index (χ0) is 6.74. The maximum Gasteiger partial charge on any atom is 0.0827 e. The third kappa shape index (κ3) is 2.04. The van der Waals surface area contributed by atoms with Crippen LogP contribution in [-0.2, 0) is 0 Å². The number of hydrogen-bond acceptors (Lipinski definition) is 2. The summed E-state index contributed by atoms with van der Waals surface area (Å²) in [6.07, 6.45) is 4.25. The molecule has 0 aromatic carbocycles. The van der Waals surface area contributed by atoms with Gasteiger partial charge in [0.15, 0.2) is 0 Å². The van der Waals surface area contributed by atoms with Crippen LogP contribution in [0.1, 0.15) is 26.7 Å². The molecule has 0 aromatic heterocycles. The molecule has 1 N–H and O–H groups in total. The third-order valence-corrected chi connectivity index (χ3v) is 1.64. The molecule has 52 valence electrons. The van der Waals surface area contributed by atoms with Crippen LogP contribution in [0.5, 0.6) is 0 Å². The highest BCUT2D eigenvalue weighted by molar-refractivity contribution is 5.55. The van der Waals surface area contributed by atoms with Crippen LogP contribution < -0.4 is 5.32 Å². The molecule has 1 rings (SSSR count). The van der Waals surface area contributed by atoms with Crippen LogP contribution in [-0.4, -0.2) is 18.4 Å². The van der Waals surface area contributed by atoms with E-state index >= 15 is 0 Å². The fourth-order valence-corrected chi connectivity index (χ4v) is 0.969. The Bertz CT molecular complexity index is 116. The number of rotatable bonds is 0. The van der Waals surface area contributed by atoms with Gasteiger partial charge in [0.25, 0.3) is 0 Å². The Morgan fingerprint density at radius 3 is 3.11 bits per heavy atom. The Kier molecular flexibility index (Phi) is 1.74. The number of nitrogens with zero attached hydrogens (tertiary/aromatic N) is 1. The van der Waals surface area contributed by atoms with Crippen LogP contribution in [0.15, 0.2) is 4.99 Å². The highest BCUT2D eigenvalue weighted by atomic mass is 15.0. The predicted octanol–water partition coefficient (Wildman–Crippen LogP) is 1.18. The van der Waals surface area contributed by atoms with E-state index in [0.29, 0.717) is 0 Å². The minimum absolute atomic E-state index is 0.264. The van der Waals surface area contributed by atoms with E-state index in [1.54, 1.807) is 0 Å². The molecule has 0 saturated carbocycles. The Morgan fingerprint density at radius 2 is 2.33 bits per heavy atom. The van der Waals surface area contributed by atoms with Crippen LogP contribution in [0.4, 0.5) is 0 Å². The van der Waals surface area contributed by atoms with Crippen LogP contribution in [0.2, 0.25) is 0 Å². The maximum absolute atomic E-state index is 4.13. The quantitative estimate of drug-likeness (QED) is 0.518. The summed E-state index contributed by atoms with van der Waals surface area (Å²) in [5.41, 5.74) is 0.264. The molecule has 0 aromatic rings. The van der Waals surface area contributed by atoms with Crippen molar-refractivity contribution in [3.8, 4) is 0 Å². The first kappa shape index (κ1) is 6.59. The molecule has 0 radical (unpaired) electrons. The Morgan fingerprint density at radius 1 is 1.56 bits per heavy atom. The monoisotopic (exact) mass is 126 g/mol. The highest BCUT2D eigenvalue weighted by Crippen LogP contribution is 2.11. The van der Waals surface area contributed by atoms with Gasteiger partial charge >= 0.3 is 0 Å². The zero-order valence-electron chi connectivity index (χ0n) is 6.15. The molecule has 0 atom stereocenters. The van der Waals surface area contributed by atoms with Crippen molar-refractivity contribution in [2.75, 3.05) is 6.54 Å². The van der Waals surface area contributed by atoms with E-state index in [1.165, 1.54) is 12.8 Å². The molecular weight excluding hydrogens is 112 g/mol. The second-order valence-corrected chi connectivity index (χ2v) is 3.17. The maximum atomic E-state index is 4.13. The van der Waals surface area contributed by atoms with Gasteiger partial charge < -0.3 is 5.32 Å². The summed E-state index contributed by atoms with van der Waals surface area (Å²) in [7, 11) is 0. The lowest BCUT2D eigenvalue weighted by atomic mass is 9.99. The van der Waals surface area contributed by atoms with E-state index in [0.717, 1.165) is 6.54 Å². The van der Waals surface area contributed by atoms with Crippen molar-refractivity contribution in [1.29, 1.82) is 0 Å². The standard InChI is InChI=1S/C7H14N2/c1-7(2)4-3-5-8-6-9-7/h6H,3-5H2,1-2H3,(H,8,9). The summed E-state index contributed by atoms with van der Waals surface area (Å²) in [6.45, 7) is 5.38. The second kappa shape index (κ2) is 2.38. The smallest absolute Gasteiger partial charge is 0.0827 e. The lowest BCUT2D eigenvalue weighted by Gasteiger charge is -2.22. The summed E-state index contributed by atoms with van der Waals surface area (Å²) >= 11 is 0. The summed E-state index contributed by atoms with van der Waals surface area (Å²) in [5.74, 6) is 0. The molecule has 1 heterocycles. The Hall–Kier alpha value is -0.530. The molecule has 1 aliphatic heterocycles. The van der Waals surface area contributed by atoms with Crippen molar-refractivity contribution in [3.63, 3.8) is 0 Å². The van der Waals surface area contributed by atoms with Gasteiger partial charge in [-0.25, -0.2) is 0 Å². The molecule has 2 nitrogen and oxygen atoms in total. The van der Waals surface area contributed by atoms with Crippen molar-refractivity contribution in [2.24, 2.45) is 4.99 Å². The largest absolute Gasteiger partial charge is 0.372 e. The molecule has 1 aliphatic rings. The normalized spacial score (nSPS) is 24.7. The lowest BCUT2D eigenvalue weighted by molar-refractivity contribution is 0.429. The van der Waals surface area contributed by atoms with Crippen molar-refractivity contribution in [3.05, 3.63) is 0 Å². The molecule has 0 spiro atoms. The van der Waals surface area contributed by atoms with Crippen molar-refractivity contribution in [2.45, 2.75) is 32.2 Å². The van der Waals surface area contributed by atoms with Crippen LogP contribution >= 0.6 is 0 Å². The van der Waals surface area contributed by atoms with Crippen LogP contribution in [0.3, 0.4) is 0 Å². The average molecular weight is 126 g/mol. The molecule has 0 amide bonds. The number of aliphatic imine (C=N–C) groups is 1. The summed E-state index contributed by atoms with van der Waals surface area (Å²) in [6, 6.07) is 0. The molecule has 0 unspecified atom stereocenters. The minimum atomic E-state index is 0.264. The van der Waals surface area contributed by atoms with Crippen molar-refractivity contribution < 1.29 is 0 Å². The topological polar surface area (TPSA) is 24.4 Å². The first-order chi connectivity index (χ1) is 4.21. The fraction of sp³-hybridized carbons (Fsp3) is 0.857. The molecule has 9 heavy (non-hydrogen) atoms. The van der Waals surface area contributed by atoms with E-state index in [1.807, 2.05) is 6.34 Å². The van der Waals surface area contributed by atoms with Crippen molar-refractivity contribution >= 4 is 6.34 Å². The molecular formula is C7H14N2. The first-order valence-corrected chi connectivity index (χ1v) is 3.47. The molecule has 0 fully saturated rings. The lowest BCUT2D eigenvalue weighted by Crippen LogP contribution is -2.36. The Labute approximate surface area is 56.4 Å². The summed E-state index contributed by atoms with van der Waals surface area (Å²) in [5, 5.41) is 3.23. The summed E-state index contributed by atoms with van der Waals surface area (Å²) in [4.78, 5) is 4.13. The first-order valence-electron chi connectivity index (χ1n) is 3.47. The zero-order valence-corrected chi connectivity index (χ0v) is 6.15. The number of nitrogens with one attached hydrogen (secondary N) is 1.